The Hall–Kier alpha value is -4.56. The van der Waals surface area contributed by atoms with Crippen LogP contribution < -0.4 is 0 Å². The number of aromatic amines is 2. The molecule has 2 aromatic heterocycles. The summed E-state index contributed by atoms with van der Waals surface area (Å²) in [5.41, 5.74) is 7.19. The molecule has 0 fully saturated rings. The van der Waals surface area contributed by atoms with Gasteiger partial charge in [-0.05, 0) is 69.1 Å². The first-order chi connectivity index (χ1) is 16.8. The molecule has 2 heterocycles. The Labute approximate surface area is 195 Å². The molecule has 0 radical (unpaired) electrons. The molecule has 34 heavy (non-hydrogen) atoms. The molecule has 2 nitrogen and oxygen atoms in total. The predicted octanol–water partition coefficient (Wildman–Crippen LogP) is 8.93. The van der Waals surface area contributed by atoms with Crippen molar-refractivity contribution in [1.29, 1.82) is 0 Å². The second-order valence-corrected chi connectivity index (χ2v) is 9.19. The van der Waals surface area contributed by atoms with Gasteiger partial charge in [-0.15, -0.1) is 0 Å². The monoisotopic (exact) mass is 432 g/mol. The largest absolute Gasteiger partial charge is 0.354 e. The maximum absolute atomic E-state index is 3.61. The van der Waals surface area contributed by atoms with Gasteiger partial charge >= 0.3 is 0 Å². The van der Waals surface area contributed by atoms with E-state index in [9.17, 15) is 0 Å². The molecule has 0 aliphatic heterocycles. The maximum atomic E-state index is 3.61. The van der Waals surface area contributed by atoms with E-state index in [1.807, 2.05) is 0 Å². The molecular formula is C32H20N2. The molecule has 0 aliphatic rings. The highest BCUT2D eigenvalue weighted by Gasteiger charge is 2.12. The molecule has 0 saturated carbocycles. The van der Waals surface area contributed by atoms with Gasteiger partial charge in [0.15, 0.2) is 0 Å². The summed E-state index contributed by atoms with van der Waals surface area (Å²) in [5.74, 6) is 0. The number of hydrogen-bond donors (Lipinski definition) is 2. The normalized spacial score (nSPS) is 12.1. The van der Waals surface area contributed by atoms with E-state index in [1.165, 1.54) is 76.3 Å². The van der Waals surface area contributed by atoms with Gasteiger partial charge in [-0.2, -0.15) is 0 Å². The number of benzene rings is 6. The second kappa shape index (κ2) is 6.49. The highest BCUT2D eigenvalue weighted by Crippen LogP contribution is 2.37. The number of fused-ring (bicyclic) bond motifs is 10. The first-order valence-electron chi connectivity index (χ1n) is 11.7. The Morgan fingerprint density at radius 1 is 0.353 bits per heavy atom. The third kappa shape index (κ3) is 2.40. The summed E-state index contributed by atoms with van der Waals surface area (Å²) < 4.78 is 0. The van der Waals surface area contributed by atoms with E-state index in [0.29, 0.717) is 0 Å². The molecule has 2 heteroatoms. The number of aromatic nitrogens is 2. The summed E-state index contributed by atoms with van der Waals surface area (Å²) in [6.07, 6.45) is 0. The van der Waals surface area contributed by atoms with Crippen molar-refractivity contribution < 1.29 is 0 Å². The minimum Gasteiger partial charge on any atom is -0.354 e. The highest BCUT2D eigenvalue weighted by atomic mass is 14.7. The van der Waals surface area contributed by atoms with Crippen LogP contribution in [0, 0.1) is 0 Å². The molecule has 0 atom stereocenters. The average molecular weight is 433 g/mol. The van der Waals surface area contributed by atoms with Crippen LogP contribution in [-0.4, -0.2) is 9.97 Å². The van der Waals surface area contributed by atoms with Crippen molar-refractivity contribution >= 4 is 65.2 Å². The summed E-state index contributed by atoms with van der Waals surface area (Å²) in [7, 11) is 0. The van der Waals surface area contributed by atoms with Gasteiger partial charge in [-0.3, -0.25) is 0 Å². The van der Waals surface area contributed by atoms with Crippen molar-refractivity contribution in [1.82, 2.24) is 9.97 Å². The third-order valence-corrected chi connectivity index (χ3v) is 7.31. The first-order valence-corrected chi connectivity index (χ1v) is 11.7. The van der Waals surface area contributed by atoms with Gasteiger partial charge in [-0.1, -0.05) is 72.8 Å². The van der Waals surface area contributed by atoms with E-state index in [4.69, 9.17) is 0 Å². The lowest BCUT2D eigenvalue weighted by Crippen LogP contribution is -1.79. The van der Waals surface area contributed by atoms with E-state index in [2.05, 4.69) is 119 Å². The minimum absolute atomic E-state index is 1.18. The van der Waals surface area contributed by atoms with Gasteiger partial charge in [0, 0.05) is 43.6 Å². The van der Waals surface area contributed by atoms with Crippen molar-refractivity contribution in [3.8, 4) is 11.1 Å². The fourth-order valence-corrected chi connectivity index (χ4v) is 5.70. The number of hydrogen-bond acceptors (Lipinski definition) is 0. The lowest BCUT2D eigenvalue weighted by atomic mass is 9.98. The lowest BCUT2D eigenvalue weighted by molar-refractivity contribution is 1.54. The van der Waals surface area contributed by atoms with Crippen LogP contribution in [0.4, 0.5) is 0 Å². The molecule has 2 N–H and O–H groups in total. The molecular weight excluding hydrogens is 412 g/mol. The van der Waals surface area contributed by atoms with Gasteiger partial charge in [0.05, 0.1) is 0 Å². The lowest BCUT2D eigenvalue weighted by Gasteiger charge is -2.05. The van der Waals surface area contributed by atoms with Crippen LogP contribution in [0.5, 0.6) is 0 Å². The Kier molecular flexibility index (Phi) is 3.42. The molecule has 0 saturated heterocycles. The van der Waals surface area contributed by atoms with Crippen LogP contribution >= 0.6 is 0 Å². The summed E-state index contributed by atoms with van der Waals surface area (Å²) >= 11 is 0. The van der Waals surface area contributed by atoms with Gasteiger partial charge in [-0.25, -0.2) is 0 Å². The van der Waals surface area contributed by atoms with Crippen LogP contribution in [0.3, 0.4) is 0 Å². The third-order valence-electron chi connectivity index (χ3n) is 7.31. The van der Waals surface area contributed by atoms with Crippen LogP contribution in [0.1, 0.15) is 0 Å². The molecule has 6 aromatic carbocycles. The fourth-order valence-electron chi connectivity index (χ4n) is 5.70. The highest BCUT2D eigenvalue weighted by molar-refractivity contribution is 6.22. The van der Waals surface area contributed by atoms with Crippen molar-refractivity contribution in [2.45, 2.75) is 0 Å². The molecule has 0 aliphatic carbocycles. The summed E-state index contributed by atoms with van der Waals surface area (Å²) in [6.45, 7) is 0. The molecule has 0 unspecified atom stereocenters. The van der Waals surface area contributed by atoms with Crippen molar-refractivity contribution in [3.05, 3.63) is 109 Å². The van der Waals surface area contributed by atoms with E-state index >= 15 is 0 Å². The van der Waals surface area contributed by atoms with Gasteiger partial charge in [0.25, 0.3) is 0 Å². The van der Waals surface area contributed by atoms with Crippen LogP contribution in [-0.2, 0) is 0 Å². The van der Waals surface area contributed by atoms with Crippen molar-refractivity contribution in [3.63, 3.8) is 0 Å². The molecule has 8 rings (SSSR count). The standard InChI is InChI=1S/C32H20N2/c1-3-7-23-19(5-1)9-15-29-31(23)25-17-21(11-13-27(25)33-29)22-12-14-28-26(18-22)32-24-8-4-2-6-20(24)10-16-30(32)34-28/h1-18,33-34H. The molecule has 158 valence electrons. The zero-order valence-corrected chi connectivity index (χ0v) is 18.4. The zero-order valence-electron chi connectivity index (χ0n) is 18.4. The van der Waals surface area contributed by atoms with E-state index in [-0.39, 0.29) is 0 Å². The van der Waals surface area contributed by atoms with Gasteiger partial charge in [0.1, 0.15) is 0 Å². The molecule has 0 bridgehead atoms. The average Bonchev–Trinajstić information content (AvgIpc) is 3.46. The van der Waals surface area contributed by atoms with Crippen LogP contribution in [0.2, 0.25) is 0 Å². The van der Waals surface area contributed by atoms with E-state index < -0.39 is 0 Å². The molecule has 0 spiro atoms. The van der Waals surface area contributed by atoms with E-state index in [1.54, 1.807) is 0 Å². The number of nitrogens with one attached hydrogen (secondary N) is 2. The van der Waals surface area contributed by atoms with Crippen molar-refractivity contribution in [2.24, 2.45) is 0 Å². The topological polar surface area (TPSA) is 31.6 Å². The Morgan fingerprint density at radius 3 is 1.29 bits per heavy atom. The predicted molar refractivity (Wildman–Crippen MR) is 146 cm³/mol. The van der Waals surface area contributed by atoms with Gasteiger partial charge in [0.2, 0.25) is 0 Å². The summed E-state index contributed by atoms with van der Waals surface area (Å²) in [4.78, 5) is 7.23. The maximum Gasteiger partial charge on any atom is 0.0471 e. The Morgan fingerprint density at radius 2 is 0.794 bits per heavy atom. The second-order valence-electron chi connectivity index (χ2n) is 9.19. The minimum atomic E-state index is 1.18. The molecule has 8 aromatic rings. The number of H-pyrrole nitrogens is 2. The van der Waals surface area contributed by atoms with Crippen LogP contribution in [0.15, 0.2) is 109 Å². The quantitative estimate of drug-likeness (QED) is 0.259. The SMILES string of the molecule is c1ccc2c(c1)ccc1[nH]c3ccc(-c4ccc5[nH]c6ccc7ccccc7c6c5c4)cc3c12. The fraction of sp³-hybridized carbons (Fsp3) is 0. The van der Waals surface area contributed by atoms with Crippen LogP contribution in [0.25, 0.3) is 76.3 Å². The number of rotatable bonds is 1. The smallest absolute Gasteiger partial charge is 0.0471 e. The summed E-state index contributed by atoms with van der Waals surface area (Å²) in [5, 5.41) is 10.3. The summed E-state index contributed by atoms with van der Waals surface area (Å²) in [6, 6.07) is 39.6. The van der Waals surface area contributed by atoms with E-state index in [0.717, 1.165) is 0 Å². The molecule has 0 amide bonds. The van der Waals surface area contributed by atoms with Gasteiger partial charge < -0.3 is 9.97 Å². The Bertz CT molecular complexity index is 1920. The Balaban J connectivity index is 1.41. The van der Waals surface area contributed by atoms with Crippen molar-refractivity contribution in [2.75, 3.05) is 0 Å². The first kappa shape index (κ1) is 17.9. The zero-order chi connectivity index (χ0) is 22.2.